The molecule has 27 heavy (non-hydrogen) atoms. The van der Waals surface area contributed by atoms with Crippen molar-refractivity contribution in [1.29, 1.82) is 0 Å². The van der Waals surface area contributed by atoms with Crippen LogP contribution in [-0.2, 0) is 4.57 Å². The summed E-state index contributed by atoms with van der Waals surface area (Å²) < 4.78 is 22.4. The Bertz CT molecular complexity index is 777. The number of hydrogen-bond acceptors (Lipinski definition) is 2. The number of nitrogens with zero attached hydrogens (tertiary/aromatic N) is 2. The summed E-state index contributed by atoms with van der Waals surface area (Å²) in [6, 6.07) is 18.1. The van der Waals surface area contributed by atoms with Crippen LogP contribution in [0.25, 0.3) is 0 Å². The second-order valence-corrected chi connectivity index (χ2v) is 10.5. The van der Waals surface area contributed by atoms with E-state index in [2.05, 4.69) is 30.8 Å². The fourth-order valence-electron chi connectivity index (χ4n) is 3.50. The first-order chi connectivity index (χ1) is 12.4. The van der Waals surface area contributed by atoms with Crippen LogP contribution in [0.5, 0.6) is 5.75 Å². The van der Waals surface area contributed by atoms with Crippen molar-refractivity contribution in [1.82, 2.24) is 4.67 Å². The average molecular weight is 500 g/mol. The Morgan fingerprint density at radius 3 is 2.37 bits per heavy atom. The highest BCUT2D eigenvalue weighted by Gasteiger charge is 2.36. The fraction of sp³-hybridized carbons (Fsp3) is 0.429. The highest BCUT2D eigenvalue weighted by molar-refractivity contribution is 7.68. The van der Waals surface area contributed by atoms with Gasteiger partial charge in [-0.05, 0) is 24.6 Å². The predicted octanol–water partition coefficient (Wildman–Crippen LogP) is 0.373. The van der Waals surface area contributed by atoms with Crippen molar-refractivity contribution >= 4 is 12.6 Å². The molecule has 0 saturated carbocycles. The molecule has 3 rings (SSSR count). The van der Waals surface area contributed by atoms with E-state index in [0.29, 0.717) is 6.61 Å². The zero-order valence-corrected chi connectivity index (χ0v) is 19.5. The Labute approximate surface area is 180 Å². The summed E-state index contributed by atoms with van der Waals surface area (Å²) in [4.78, 5) is 0. The Morgan fingerprint density at radius 2 is 1.74 bits per heavy atom. The third-order valence-corrected chi connectivity index (χ3v) is 8.20. The highest BCUT2D eigenvalue weighted by Crippen LogP contribution is 2.45. The number of rotatable bonds is 6. The number of halogens is 1. The highest BCUT2D eigenvalue weighted by atomic mass is 127. The quantitative estimate of drug-likeness (QED) is 0.327. The van der Waals surface area contributed by atoms with Crippen LogP contribution >= 0.6 is 7.29 Å². The predicted molar refractivity (Wildman–Crippen MR) is 109 cm³/mol. The third kappa shape index (κ3) is 5.80. The first kappa shape index (κ1) is 22.4. The van der Waals surface area contributed by atoms with Gasteiger partial charge in [-0.2, -0.15) is 0 Å². The molecule has 1 heterocycles. The van der Waals surface area contributed by atoms with E-state index in [0.717, 1.165) is 48.3 Å². The van der Waals surface area contributed by atoms with Crippen LogP contribution in [0.2, 0.25) is 0 Å². The Kier molecular flexibility index (Phi) is 7.93. The van der Waals surface area contributed by atoms with Gasteiger partial charge in [-0.1, -0.05) is 42.5 Å². The molecule has 2 aromatic rings. The van der Waals surface area contributed by atoms with E-state index in [1.165, 1.54) is 5.56 Å². The molecule has 4 nitrogen and oxygen atoms in total. The summed E-state index contributed by atoms with van der Waals surface area (Å²) >= 11 is 0. The van der Waals surface area contributed by atoms with Crippen LogP contribution in [0, 0.1) is 6.92 Å². The molecule has 0 N–H and O–H groups in total. The van der Waals surface area contributed by atoms with Crippen LogP contribution < -0.4 is 34.0 Å². The van der Waals surface area contributed by atoms with Gasteiger partial charge in [0.15, 0.2) is 7.29 Å². The van der Waals surface area contributed by atoms with Crippen molar-refractivity contribution in [3.8, 4) is 5.75 Å². The largest absolute Gasteiger partial charge is 1.00 e. The van der Waals surface area contributed by atoms with Crippen molar-refractivity contribution in [2.45, 2.75) is 6.92 Å². The number of quaternary nitrogens is 1. The average Bonchev–Trinajstić information content (AvgIpc) is 2.63. The zero-order valence-electron chi connectivity index (χ0n) is 16.5. The van der Waals surface area contributed by atoms with Crippen molar-refractivity contribution in [3.05, 3.63) is 60.2 Å². The molecule has 0 amide bonds. The summed E-state index contributed by atoms with van der Waals surface area (Å²) in [6.07, 6.45) is 0. The molecule has 1 fully saturated rings. The Hall–Kier alpha value is -0.880. The van der Waals surface area contributed by atoms with Crippen LogP contribution in [0.3, 0.4) is 0 Å². The van der Waals surface area contributed by atoms with E-state index in [1.54, 1.807) is 0 Å². The topological polar surface area (TPSA) is 29.5 Å². The SMILES string of the molecule is Cc1cccc(OCC[N+]2(C)CCN(P(C)(=O)c3ccccc3)CC2)c1.[I-]. The summed E-state index contributed by atoms with van der Waals surface area (Å²) in [7, 11) is -0.186. The van der Waals surface area contributed by atoms with E-state index in [1.807, 2.05) is 49.1 Å². The van der Waals surface area contributed by atoms with Crippen LogP contribution in [0.15, 0.2) is 54.6 Å². The number of likely N-dealkylation sites (N-methyl/N-ethyl adjacent to an activating group) is 1. The maximum Gasteiger partial charge on any atom is 0.176 e. The lowest BCUT2D eigenvalue weighted by molar-refractivity contribution is -0.912. The lowest BCUT2D eigenvalue weighted by Gasteiger charge is -2.43. The Morgan fingerprint density at radius 1 is 1.07 bits per heavy atom. The molecule has 0 spiro atoms. The molecule has 1 atom stereocenters. The molecule has 0 bridgehead atoms. The van der Waals surface area contributed by atoms with Gasteiger partial charge in [-0.15, -0.1) is 0 Å². The Balaban J connectivity index is 0.00000261. The molecular formula is C21H30IN2O2P. The van der Waals surface area contributed by atoms with Crippen LogP contribution in [-0.4, -0.2) is 62.2 Å². The maximum absolute atomic E-state index is 13.3. The zero-order chi connectivity index (χ0) is 18.6. The molecule has 2 aromatic carbocycles. The first-order valence-electron chi connectivity index (χ1n) is 9.31. The smallest absolute Gasteiger partial charge is 0.176 e. The van der Waals surface area contributed by atoms with Gasteiger partial charge in [0.2, 0.25) is 0 Å². The molecule has 1 unspecified atom stereocenters. The molecular weight excluding hydrogens is 470 g/mol. The number of ether oxygens (including phenoxy) is 1. The number of aryl methyl sites for hydroxylation is 1. The van der Waals surface area contributed by atoms with Gasteiger partial charge in [0.05, 0.1) is 33.2 Å². The van der Waals surface area contributed by atoms with Gasteiger partial charge in [0, 0.05) is 12.0 Å². The van der Waals surface area contributed by atoms with Crippen molar-refractivity contribution < 1.29 is 37.8 Å². The minimum atomic E-state index is -2.46. The van der Waals surface area contributed by atoms with E-state index < -0.39 is 7.29 Å². The number of benzene rings is 2. The molecule has 1 aliphatic rings. The van der Waals surface area contributed by atoms with Crippen molar-refractivity contribution in [3.63, 3.8) is 0 Å². The molecule has 0 aliphatic carbocycles. The van der Waals surface area contributed by atoms with Gasteiger partial charge in [0.25, 0.3) is 0 Å². The lowest BCUT2D eigenvalue weighted by atomic mass is 10.2. The van der Waals surface area contributed by atoms with Gasteiger partial charge < -0.3 is 37.8 Å². The first-order valence-corrected chi connectivity index (χ1v) is 11.4. The third-order valence-electron chi connectivity index (χ3n) is 5.46. The summed E-state index contributed by atoms with van der Waals surface area (Å²) in [5, 5.41) is 0.957. The monoisotopic (exact) mass is 500 g/mol. The number of hydrogen-bond donors (Lipinski definition) is 0. The van der Waals surface area contributed by atoms with Crippen LogP contribution in [0.1, 0.15) is 5.56 Å². The van der Waals surface area contributed by atoms with Crippen molar-refractivity contribution in [2.75, 3.05) is 53.0 Å². The van der Waals surface area contributed by atoms with E-state index in [-0.39, 0.29) is 24.0 Å². The summed E-state index contributed by atoms with van der Waals surface area (Å²) in [5.41, 5.74) is 1.22. The molecule has 148 valence electrons. The minimum absolute atomic E-state index is 0. The lowest BCUT2D eigenvalue weighted by Crippen LogP contribution is -3.00. The molecule has 6 heteroatoms. The molecule has 0 radical (unpaired) electrons. The van der Waals surface area contributed by atoms with E-state index >= 15 is 0 Å². The normalized spacial score (nSPS) is 18.9. The van der Waals surface area contributed by atoms with E-state index in [9.17, 15) is 4.57 Å². The second-order valence-electron chi connectivity index (χ2n) is 7.62. The summed E-state index contributed by atoms with van der Waals surface area (Å²) in [6.45, 7) is 9.40. The molecule has 0 aromatic heterocycles. The number of piperazine rings is 1. The summed E-state index contributed by atoms with van der Waals surface area (Å²) in [5.74, 6) is 0.942. The van der Waals surface area contributed by atoms with Gasteiger partial charge >= 0.3 is 0 Å². The van der Waals surface area contributed by atoms with Gasteiger partial charge in [-0.3, -0.25) is 0 Å². The minimum Gasteiger partial charge on any atom is -1.00 e. The fourth-order valence-corrected chi connectivity index (χ4v) is 5.49. The molecule has 1 aliphatic heterocycles. The van der Waals surface area contributed by atoms with Crippen LogP contribution in [0.4, 0.5) is 0 Å². The van der Waals surface area contributed by atoms with Crippen molar-refractivity contribution in [2.24, 2.45) is 0 Å². The standard InChI is InChI=1S/C21H30N2O2P.HI/c1-19-8-7-9-20(18-19)25-17-16-23(2)14-12-22(13-15-23)26(3,24)21-10-5-4-6-11-21;/h4-11,18H,12-17H2,1-3H3;1H/q+1;/p-1. The van der Waals surface area contributed by atoms with E-state index in [4.69, 9.17) is 4.74 Å². The van der Waals surface area contributed by atoms with Gasteiger partial charge in [0.1, 0.15) is 18.9 Å². The van der Waals surface area contributed by atoms with Gasteiger partial charge in [-0.25, -0.2) is 4.67 Å². The molecule has 1 saturated heterocycles. The second kappa shape index (κ2) is 9.55. The maximum atomic E-state index is 13.3.